The molecule has 0 heterocycles. The van der Waals surface area contributed by atoms with Crippen LogP contribution in [0.2, 0.25) is 0 Å². The van der Waals surface area contributed by atoms with Gasteiger partial charge in [-0.2, -0.15) is 0 Å². The van der Waals surface area contributed by atoms with Crippen molar-refractivity contribution in [1.82, 2.24) is 0 Å². The SMILES string of the molecule is CCC(C)(OC)C(=O)CCCOC. The van der Waals surface area contributed by atoms with Crippen molar-refractivity contribution >= 4 is 5.78 Å². The number of Topliss-reactive ketones (excluding diaryl/α,β-unsaturated/α-hetero) is 1. The van der Waals surface area contributed by atoms with E-state index < -0.39 is 5.60 Å². The van der Waals surface area contributed by atoms with Crippen LogP contribution in [0, 0.1) is 0 Å². The molecule has 0 aliphatic carbocycles. The van der Waals surface area contributed by atoms with E-state index in [1.54, 1.807) is 14.2 Å². The zero-order valence-electron chi connectivity index (χ0n) is 9.05. The molecule has 0 spiro atoms. The second-order valence-electron chi connectivity index (χ2n) is 3.31. The summed E-state index contributed by atoms with van der Waals surface area (Å²) in [6.45, 7) is 4.43. The molecular weight excluding hydrogens is 168 g/mol. The molecule has 0 saturated heterocycles. The molecule has 0 aromatic rings. The van der Waals surface area contributed by atoms with E-state index in [1.165, 1.54) is 0 Å². The van der Waals surface area contributed by atoms with Gasteiger partial charge in [-0.3, -0.25) is 4.79 Å². The first kappa shape index (κ1) is 12.6. The van der Waals surface area contributed by atoms with Gasteiger partial charge in [-0.15, -0.1) is 0 Å². The van der Waals surface area contributed by atoms with Gasteiger partial charge in [-0.1, -0.05) is 6.92 Å². The monoisotopic (exact) mass is 188 g/mol. The average molecular weight is 188 g/mol. The number of ether oxygens (including phenoxy) is 2. The second-order valence-corrected chi connectivity index (χ2v) is 3.31. The molecular formula is C10H20O3. The minimum Gasteiger partial charge on any atom is -0.385 e. The molecule has 0 aromatic carbocycles. The fourth-order valence-electron chi connectivity index (χ4n) is 1.10. The summed E-state index contributed by atoms with van der Waals surface area (Å²) in [7, 11) is 3.22. The number of rotatable bonds is 7. The summed E-state index contributed by atoms with van der Waals surface area (Å²) in [4.78, 5) is 11.6. The first-order valence-electron chi connectivity index (χ1n) is 4.68. The molecule has 0 bridgehead atoms. The number of carbonyl (C=O) groups is 1. The highest BCUT2D eigenvalue weighted by atomic mass is 16.5. The van der Waals surface area contributed by atoms with Gasteiger partial charge in [0.15, 0.2) is 5.78 Å². The van der Waals surface area contributed by atoms with Gasteiger partial charge in [0.2, 0.25) is 0 Å². The van der Waals surface area contributed by atoms with Gasteiger partial charge in [-0.25, -0.2) is 0 Å². The lowest BCUT2D eigenvalue weighted by Crippen LogP contribution is -2.36. The van der Waals surface area contributed by atoms with E-state index in [4.69, 9.17) is 9.47 Å². The summed E-state index contributed by atoms with van der Waals surface area (Å²) >= 11 is 0. The predicted octanol–water partition coefficient (Wildman–Crippen LogP) is 1.80. The van der Waals surface area contributed by atoms with Crippen molar-refractivity contribution in [3.8, 4) is 0 Å². The molecule has 78 valence electrons. The van der Waals surface area contributed by atoms with Crippen LogP contribution < -0.4 is 0 Å². The lowest BCUT2D eigenvalue weighted by Gasteiger charge is -2.24. The molecule has 0 saturated carbocycles. The number of carbonyl (C=O) groups excluding carboxylic acids is 1. The Balaban J connectivity index is 3.92. The van der Waals surface area contributed by atoms with Gasteiger partial charge in [0.25, 0.3) is 0 Å². The summed E-state index contributed by atoms with van der Waals surface area (Å²) < 4.78 is 10.1. The van der Waals surface area contributed by atoms with E-state index >= 15 is 0 Å². The normalized spacial score (nSPS) is 15.4. The van der Waals surface area contributed by atoms with Crippen LogP contribution in [-0.4, -0.2) is 32.2 Å². The summed E-state index contributed by atoms with van der Waals surface area (Å²) in [5, 5.41) is 0. The van der Waals surface area contributed by atoms with E-state index in [2.05, 4.69) is 0 Å². The Morgan fingerprint density at radius 1 is 1.38 bits per heavy atom. The molecule has 1 atom stereocenters. The van der Waals surface area contributed by atoms with E-state index in [-0.39, 0.29) is 5.78 Å². The molecule has 13 heavy (non-hydrogen) atoms. The first-order chi connectivity index (χ1) is 6.10. The number of methoxy groups -OCH3 is 2. The minimum atomic E-state index is -0.603. The van der Waals surface area contributed by atoms with Crippen molar-refractivity contribution in [1.29, 1.82) is 0 Å². The van der Waals surface area contributed by atoms with Gasteiger partial charge in [-0.05, 0) is 19.8 Å². The Morgan fingerprint density at radius 2 is 2.00 bits per heavy atom. The van der Waals surface area contributed by atoms with E-state index in [1.807, 2.05) is 13.8 Å². The van der Waals surface area contributed by atoms with Crippen LogP contribution in [0.5, 0.6) is 0 Å². The molecule has 0 aromatic heterocycles. The topological polar surface area (TPSA) is 35.5 Å². The van der Waals surface area contributed by atoms with Crippen molar-refractivity contribution in [2.45, 2.75) is 38.7 Å². The van der Waals surface area contributed by atoms with E-state index in [0.29, 0.717) is 13.0 Å². The van der Waals surface area contributed by atoms with Crippen molar-refractivity contribution in [3.63, 3.8) is 0 Å². The van der Waals surface area contributed by atoms with Gasteiger partial charge in [0.1, 0.15) is 5.60 Å². The number of ketones is 1. The van der Waals surface area contributed by atoms with E-state index in [0.717, 1.165) is 12.8 Å². The van der Waals surface area contributed by atoms with Gasteiger partial charge < -0.3 is 9.47 Å². The molecule has 3 heteroatoms. The molecule has 1 unspecified atom stereocenters. The lowest BCUT2D eigenvalue weighted by molar-refractivity contribution is -0.139. The Kier molecular flexibility index (Phi) is 5.91. The fraction of sp³-hybridized carbons (Fsp3) is 0.900. The predicted molar refractivity (Wildman–Crippen MR) is 51.8 cm³/mol. The largest absolute Gasteiger partial charge is 0.385 e. The highest BCUT2D eigenvalue weighted by Crippen LogP contribution is 2.17. The summed E-state index contributed by atoms with van der Waals surface area (Å²) in [5.74, 6) is 0.162. The Morgan fingerprint density at radius 3 is 2.38 bits per heavy atom. The Bertz CT molecular complexity index is 150. The average Bonchev–Trinajstić information content (AvgIpc) is 2.17. The molecule has 0 rings (SSSR count). The van der Waals surface area contributed by atoms with Crippen molar-refractivity contribution in [2.24, 2.45) is 0 Å². The van der Waals surface area contributed by atoms with Crippen LogP contribution in [0.25, 0.3) is 0 Å². The maximum Gasteiger partial charge on any atom is 0.164 e. The zero-order valence-corrected chi connectivity index (χ0v) is 9.05. The number of hydrogen-bond acceptors (Lipinski definition) is 3. The lowest BCUT2D eigenvalue weighted by atomic mass is 9.94. The van der Waals surface area contributed by atoms with Crippen molar-refractivity contribution in [3.05, 3.63) is 0 Å². The number of hydrogen-bond donors (Lipinski definition) is 0. The quantitative estimate of drug-likeness (QED) is 0.571. The summed E-state index contributed by atoms with van der Waals surface area (Å²) in [6.07, 6.45) is 2.02. The van der Waals surface area contributed by atoms with Crippen LogP contribution in [-0.2, 0) is 14.3 Å². The molecule has 0 aliphatic heterocycles. The molecule has 3 nitrogen and oxygen atoms in total. The second kappa shape index (κ2) is 6.11. The molecule has 0 radical (unpaired) electrons. The maximum atomic E-state index is 11.6. The first-order valence-corrected chi connectivity index (χ1v) is 4.68. The van der Waals surface area contributed by atoms with Crippen LogP contribution in [0.15, 0.2) is 0 Å². The maximum absolute atomic E-state index is 11.6. The summed E-state index contributed by atoms with van der Waals surface area (Å²) in [5.41, 5.74) is -0.603. The van der Waals surface area contributed by atoms with Gasteiger partial charge in [0, 0.05) is 27.2 Å². The third-order valence-corrected chi connectivity index (χ3v) is 2.47. The van der Waals surface area contributed by atoms with Crippen LogP contribution in [0.4, 0.5) is 0 Å². The zero-order chi connectivity index (χ0) is 10.3. The van der Waals surface area contributed by atoms with E-state index in [9.17, 15) is 4.79 Å². The third-order valence-electron chi connectivity index (χ3n) is 2.47. The minimum absolute atomic E-state index is 0.162. The fourth-order valence-corrected chi connectivity index (χ4v) is 1.10. The smallest absolute Gasteiger partial charge is 0.164 e. The van der Waals surface area contributed by atoms with Crippen molar-refractivity contribution < 1.29 is 14.3 Å². The van der Waals surface area contributed by atoms with Crippen molar-refractivity contribution in [2.75, 3.05) is 20.8 Å². The molecule has 0 fully saturated rings. The Labute approximate surface area is 80.4 Å². The van der Waals surface area contributed by atoms with Crippen LogP contribution >= 0.6 is 0 Å². The third kappa shape index (κ3) is 3.87. The van der Waals surface area contributed by atoms with Crippen LogP contribution in [0.1, 0.15) is 33.1 Å². The van der Waals surface area contributed by atoms with Gasteiger partial charge >= 0.3 is 0 Å². The summed E-state index contributed by atoms with van der Waals surface area (Å²) in [6, 6.07) is 0. The molecule has 0 amide bonds. The molecule has 0 aliphatic rings. The molecule has 0 N–H and O–H groups in total. The Hall–Kier alpha value is -0.410. The van der Waals surface area contributed by atoms with Gasteiger partial charge in [0.05, 0.1) is 0 Å². The highest BCUT2D eigenvalue weighted by Gasteiger charge is 2.29. The van der Waals surface area contributed by atoms with Crippen LogP contribution in [0.3, 0.4) is 0 Å². The highest BCUT2D eigenvalue weighted by molar-refractivity contribution is 5.86. The standard InChI is InChI=1S/C10H20O3/c1-5-10(2,13-4)9(11)7-6-8-12-3/h5-8H2,1-4H3.